The number of aryl methyl sites for hydroxylation is 1. The van der Waals surface area contributed by atoms with Gasteiger partial charge in [0.05, 0.1) is 0 Å². The normalized spacial score (nSPS) is 12.2. The molecule has 1 amide bonds. The maximum atomic E-state index is 12.0. The van der Waals surface area contributed by atoms with E-state index in [1.807, 2.05) is 31.2 Å². The molecule has 0 atom stereocenters. The van der Waals surface area contributed by atoms with Gasteiger partial charge < -0.3 is 18.7 Å². The first-order valence-electron chi connectivity index (χ1n) is 9.15. The molecule has 1 aromatic heterocycles. The summed E-state index contributed by atoms with van der Waals surface area (Å²) in [7, 11) is 0. The monoisotopic (exact) mass is 406 g/mol. The predicted octanol–water partition coefficient (Wildman–Crippen LogP) is 3.57. The number of hydrogen-bond acceptors (Lipinski definition) is 7. The molecule has 30 heavy (non-hydrogen) atoms. The fourth-order valence-electron chi connectivity index (χ4n) is 2.73. The van der Waals surface area contributed by atoms with E-state index in [4.69, 9.17) is 18.7 Å². The lowest BCUT2D eigenvalue weighted by Crippen LogP contribution is -2.19. The number of nitrogens with zero attached hydrogens (tertiary/aromatic N) is 1. The number of carbonyl (C=O) groups is 2. The summed E-state index contributed by atoms with van der Waals surface area (Å²) in [6, 6.07) is 14.6. The second kappa shape index (κ2) is 8.52. The Hall–Kier alpha value is -4.07. The van der Waals surface area contributed by atoms with Gasteiger partial charge in [0.1, 0.15) is 5.69 Å². The number of carbonyl (C=O) groups excluding carboxylic acids is 2. The van der Waals surface area contributed by atoms with Crippen molar-refractivity contribution in [2.24, 2.45) is 0 Å². The van der Waals surface area contributed by atoms with Crippen molar-refractivity contribution in [1.82, 2.24) is 5.16 Å². The third-order valence-corrected chi connectivity index (χ3v) is 4.27. The van der Waals surface area contributed by atoms with Gasteiger partial charge in [-0.25, -0.2) is 4.79 Å². The smallest absolute Gasteiger partial charge is 0.331 e. The van der Waals surface area contributed by atoms with Crippen LogP contribution in [0.25, 0.3) is 17.3 Å². The number of esters is 1. The zero-order valence-electron chi connectivity index (χ0n) is 16.1. The molecule has 1 N–H and O–H groups in total. The van der Waals surface area contributed by atoms with Crippen LogP contribution in [0, 0.1) is 6.92 Å². The third kappa shape index (κ3) is 4.67. The molecule has 152 valence electrons. The van der Waals surface area contributed by atoms with Crippen LogP contribution in [0.3, 0.4) is 0 Å². The number of fused-ring (bicyclic) bond motifs is 1. The van der Waals surface area contributed by atoms with Crippen LogP contribution in [-0.4, -0.2) is 30.4 Å². The average Bonchev–Trinajstić information content (AvgIpc) is 3.40. The highest BCUT2D eigenvalue weighted by molar-refractivity contribution is 5.94. The molecule has 4 rings (SSSR count). The van der Waals surface area contributed by atoms with E-state index in [2.05, 4.69) is 10.5 Å². The highest BCUT2D eigenvalue weighted by Gasteiger charge is 2.13. The number of aromatic nitrogens is 1. The van der Waals surface area contributed by atoms with Gasteiger partial charge in [0, 0.05) is 17.7 Å². The molecule has 0 fully saturated rings. The largest absolute Gasteiger partial charge is 0.454 e. The number of nitrogens with one attached hydrogen (secondary N) is 1. The Morgan fingerprint density at radius 2 is 1.90 bits per heavy atom. The minimum absolute atomic E-state index is 0.169. The molecule has 8 heteroatoms. The van der Waals surface area contributed by atoms with Crippen molar-refractivity contribution in [2.75, 3.05) is 18.7 Å². The zero-order valence-corrected chi connectivity index (χ0v) is 16.1. The van der Waals surface area contributed by atoms with E-state index in [0.29, 0.717) is 17.2 Å². The van der Waals surface area contributed by atoms with Crippen LogP contribution >= 0.6 is 0 Å². The highest BCUT2D eigenvalue weighted by atomic mass is 16.7. The summed E-state index contributed by atoms with van der Waals surface area (Å²) in [5, 5.41) is 6.43. The summed E-state index contributed by atoms with van der Waals surface area (Å²) in [4.78, 5) is 23.8. The summed E-state index contributed by atoms with van der Waals surface area (Å²) in [5.74, 6) is 0.251. The number of anilines is 1. The first-order valence-corrected chi connectivity index (χ1v) is 9.15. The van der Waals surface area contributed by atoms with Crippen LogP contribution in [0.2, 0.25) is 0 Å². The van der Waals surface area contributed by atoms with Crippen LogP contribution in [0.4, 0.5) is 5.88 Å². The first-order chi connectivity index (χ1) is 14.6. The predicted molar refractivity (Wildman–Crippen MR) is 108 cm³/mol. The Labute approximate surface area is 172 Å². The van der Waals surface area contributed by atoms with Gasteiger partial charge in [-0.3, -0.25) is 10.1 Å². The molecule has 0 saturated carbocycles. The van der Waals surface area contributed by atoms with Crippen molar-refractivity contribution >= 4 is 23.8 Å². The second-order valence-electron chi connectivity index (χ2n) is 6.54. The zero-order chi connectivity index (χ0) is 20.9. The number of amides is 1. The van der Waals surface area contributed by atoms with E-state index in [0.717, 1.165) is 16.7 Å². The molecule has 1 aliphatic heterocycles. The third-order valence-electron chi connectivity index (χ3n) is 4.27. The van der Waals surface area contributed by atoms with Crippen molar-refractivity contribution in [3.8, 4) is 22.8 Å². The molecular weight excluding hydrogens is 388 g/mol. The van der Waals surface area contributed by atoms with Crippen LogP contribution in [0.15, 0.2) is 59.1 Å². The minimum atomic E-state index is -0.652. The number of benzene rings is 2. The average molecular weight is 406 g/mol. The van der Waals surface area contributed by atoms with E-state index in [-0.39, 0.29) is 12.7 Å². The van der Waals surface area contributed by atoms with E-state index >= 15 is 0 Å². The number of hydrogen-bond donors (Lipinski definition) is 1. The molecule has 0 radical (unpaired) electrons. The van der Waals surface area contributed by atoms with Gasteiger partial charge in [-0.05, 0) is 30.7 Å². The van der Waals surface area contributed by atoms with E-state index < -0.39 is 18.5 Å². The molecular formula is C22H18N2O6. The number of rotatable bonds is 6. The van der Waals surface area contributed by atoms with Gasteiger partial charge in [0.25, 0.3) is 5.91 Å². The summed E-state index contributed by atoms with van der Waals surface area (Å²) < 4.78 is 20.6. The molecule has 2 heterocycles. The maximum absolute atomic E-state index is 12.0. The Balaban J connectivity index is 1.26. The molecule has 2 aromatic carbocycles. The van der Waals surface area contributed by atoms with Crippen molar-refractivity contribution in [3.05, 3.63) is 65.7 Å². The molecule has 1 aliphatic rings. The van der Waals surface area contributed by atoms with Gasteiger partial charge in [0.15, 0.2) is 18.1 Å². The van der Waals surface area contributed by atoms with Gasteiger partial charge in [-0.2, -0.15) is 0 Å². The van der Waals surface area contributed by atoms with Crippen molar-refractivity contribution < 1.29 is 28.3 Å². The van der Waals surface area contributed by atoms with Crippen LogP contribution in [0.1, 0.15) is 11.1 Å². The molecule has 0 aliphatic carbocycles. The van der Waals surface area contributed by atoms with E-state index in [9.17, 15) is 9.59 Å². The fourth-order valence-corrected chi connectivity index (χ4v) is 2.73. The van der Waals surface area contributed by atoms with Crippen molar-refractivity contribution in [3.63, 3.8) is 0 Å². The van der Waals surface area contributed by atoms with Crippen LogP contribution < -0.4 is 14.8 Å². The highest BCUT2D eigenvalue weighted by Crippen LogP contribution is 2.32. The molecule has 0 saturated heterocycles. The Kier molecular flexibility index (Phi) is 5.47. The van der Waals surface area contributed by atoms with E-state index in [1.54, 1.807) is 30.3 Å². The van der Waals surface area contributed by atoms with Gasteiger partial charge >= 0.3 is 5.97 Å². The van der Waals surface area contributed by atoms with Gasteiger partial charge in [-0.15, -0.1) is 0 Å². The molecule has 0 unspecified atom stereocenters. The maximum Gasteiger partial charge on any atom is 0.331 e. The second-order valence-corrected chi connectivity index (χ2v) is 6.54. The Bertz CT molecular complexity index is 1100. The van der Waals surface area contributed by atoms with E-state index in [1.165, 1.54) is 6.08 Å². The summed E-state index contributed by atoms with van der Waals surface area (Å²) in [6.45, 7) is 1.71. The van der Waals surface area contributed by atoms with Gasteiger partial charge in [-0.1, -0.05) is 41.1 Å². The summed E-state index contributed by atoms with van der Waals surface area (Å²) in [6.07, 6.45) is 2.79. The fraction of sp³-hybridized carbons (Fsp3) is 0.136. The number of ether oxygens (including phenoxy) is 3. The quantitative estimate of drug-likeness (QED) is 0.493. The molecule has 3 aromatic rings. The lowest BCUT2D eigenvalue weighted by Gasteiger charge is -2.02. The lowest BCUT2D eigenvalue weighted by molar-refractivity contribution is -0.142. The minimum Gasteiger partial charge on any atom is -0.454 e. The molecule has 8 nitrogen and oxygen atoms in total. The van der Waals surface area contributed by atoms with Crippen LogP contribution in [-0.2, 0) is 14.3 Å². The topological polar surface area (TPSA) is 99.9 Å². The Morgan fingerprint density at radius 3 is 2.73 bits per heavy atom. The van der Waals surface area contributed by atoms with Gasteiger partial charge in [0.2, 0.25) is 12.7 Å². The van der Waals surface area contributed by atoms with Crippen molar-refractivity contribution in [2.45, 2.75) is 6.92 Å². The lowest BCUT2D eigenvalue weighted by atomic mass is 10.1. The van der Waals surface area contributed by atoms with Crippen molar-refractivity contribution in [1.29, 1.82) is 0 Å². The summed E-state index contributed by atoms with van der Waals surface area (Å²) in [5.41, 5.74) is 3.33. The SMILES string of the molecule is Cc1ccc(-c2cc(NC(=O)COC(=O)/C=C/c3ccc4c(c3)OCO4)on2)cc1. The summed E-state index contributed by atoms with van der Waals surface area (Å²) >= 11 is 0. The standard InChI is InChI=1S/C22H18N2O6/c1-14-2-6-16(7-3-14)17-11-21(30-24-17)23-20(25)12-27-22(26)9-5-15-4-8-18-19(10-15)29-13-28-18/h2-11H,12-13H2,1H3,(H,23,25)/b9-5+. The molecule has 0 spiro atoms. The Morgan fingerprint density at radius 1 is 1.10 bits per heavy atom. The molecule has 0 bridgehead atoms. The van der Waals surface area contributed by atoms with Crippen LogP contribution in [0.5, 0.6) is 11.5 Å². The first kappa shape index (κ1) is 19.3.